The Kier molecular flexibility index (Phi) is 2.78. The van der Waals surface area contributed by atoms with Gasteiger partial charge in [-0.25, -0.2) is 0 Å². The van der Waals surface area contributed by atoms with Gasteiger partial charge in [-0.3, -0.25) is 9.89 Å². The van der Waals surface area contributed by atoms with Crippen molar-refractivity contribution in [1.82, 2.24) is 15.5 Å². The summed E-state index contributed by atoms with van der Waals surface area (Å²) >= 11 is 0. The minimum absolute atomic E-state index is 0.103. The molecule has 1 amide bonds. The third kappa shape index (κ3) is 2.11. The largest absolute Gasteiger partial charge is 0.376 e. The van der Waals surface area contributed by atoms with E-state index < -0.39 is 0 Å². The smallest absolute Gasteiger partial charge is 0.254 e. The summed E-state index contributed by atoms with van der Waals surface area (Å²) in [6, 6.07) is 0. The molecule has 76 valence electrons. The van der Waals surface area contributed by atoms with Crippen LogP contribution in [-0.2, 0) is 4.74 Å². The number of nitrogens with one attached hydrogen (secondary N) is 2. The van der Waals surface area contributed by atoms with Crippen LogP contribution in [0, 0.1) is 0 Å². The van der Waals surface area contributed by atoms with Gasteiger partial charge in [0.25, 0.3) is 5.91 Å². The molecule has 0 bridgehead atoms. The topological polar surface area (TPSA) is 67.0 Å². The van der Waals surface area contributed by atoms with Crippen molar-refractivity contribution in [2.75, 3.05) is 13.2 Å². The second kappa shape index (κ2) is 4.23. The zero-order valence-electron chi connectivity index (χ0n) is 7.82. The second-order valence-electron chi connectivity index (χ2n) is 3.33. The number of aromatic amines is 1. The molecule has 1 aliphatic heterocycles. The van der Waals surface area contributed by atoms with Crippen molar-refractivity contribution in [2.45, 2.75) is 18.9 Å². The summed E-state index contributed by atoms with van der Waals surface area (Å²) in [6.07, 6.45) is 5.39. The van der Waals surface area contributed by atoms with Gasteiger partial charge in [-0.2, -0.15) is 5.10 Å². The Morgan fingerprint density at radius 2 is 2.71 bits per heavy atom. The minimum atomic E-state index is -0.103. The summed E-state index contributed by atoms with van der Waals surface area (Å²) in [5.74, 6) is -0.103. The molecular weight excluding hydrogens is 182 g/mol. The van der Waals surface area contributed by atoms with Gasteiger partial charge in [-0.05, 0) is 12.8 Å². The van der Waals surface area contributed by atoms with Crippen molar-refractivity contribution < 1.29 is 9.53 Å². The molecule has 1 aliphatic rings. The van der Waals surface area contributed by atoms with Crippen LogP contribution in [0.1, 0.15) is 23.2 Å². The number of ether oxygens (including phenoxy) is 1. The maximum absolute atomic E-state index is 11.4. The van der Waals surface area contributed by atoms with Crippen LogP contribution < -0.4 is 5.32 Å². The number of aromatic nitrogens is 2. The van der Waals surface area contributed by atoms with E-state index >= 15 is 0 Å². The molecule has 1 aromatic rings. The zero-order chi connectivity index (χ0) is 9.80. The van der Waals surface area contributed by atoms with Crippen molar-refractivity contribution in [3.8, 4) is 0 Å². The lowest BCUT2D eigenvalue weighted by Gasteiger charge is -2.09. The fourth-order valence-electron chi connectivity index (χ4n) is 1.49. The number of carbonyl (C=O) groups excluding carboxylic acids is 1. The van der Waals surface area contributed by atoms with E-state index in [1.807, 2.05) is 0 Å². The van der Waals surface area contributed by atoms with Gasteiger partial charge in [0, 0.05) is 19.3 Å². The third-order valence-corrected chi connectivity index (χ3v) is 2.27. The lowest BCUT2D eigenvalue weighted by molar-refractivity contribution is 0.0858. The van der Waals surface area contributed by atoms with Crippen LogP contribution >= 0.6 is 0 Å². The first-order valence-corrected chi connectivity index (χ1v) is 4.75. The Labute approximate surface area is 81.8 Å². The lowest BCUT2D eigenvalue weighted by Crippen LogP contribution is -2.31. The zero-order valence-corrected chi connectivity index (χ0v) is 7.82. The lowest BCUT2D eigenvalue weighted by atomic mass is 10.2. The van der Waals surface area contributed by atoms with E-state index in [9.17, 15) is 4.79 Å². The van der Waals surface area contributed by atoms with E-state index in [0.29, 0.717) is 12.1 Å². The molecule has 14 heavy (non-hydrogen) atoms. The molecule has 2 heterocycles. The van der Waals surface area contributed by atoms with Crippen LogP contribution in [0.4, 0.5) is 0 Å². The van der Waals surface area contributed by atoms with Crippen molar-refractivity contribution in [1.29, 1.82) is 0 Å². The van der Waals surface area contributed by atoms with Crippen molar-refractivity contribution in [3.05, 3.63) is 18.0 Å². The Bertz CT molecular complexity index is 291. The number of H-pyrrole nitrogens is 1. The molecule has 1 aromatic heterocycles. The van der Waals surface area contributed by atoms with E-state index in [2.05, 4.69) is 15.5 Å². The predicted molar refractivity (Wildman–Crippen MR) is 49.9 cm³/mol. The molecule has 1 atom stereocenters. The molecule has 0 saturated carbocycles. The van der Waals surface area contributed by atoms with E-state index in [1.165, 1.54) is 6.20 Å². The standard InChI is InChI=1S/C9H13N3O2/c13-9(7-4-11-12-5-7)10-6-8-2-1-3-14-8/h4-5,8H,1-3,6H2,(H,10,13)(H,11,12). The number of rotatable bonds is 3. The molecule has 1 unspecified atom stereocenters. The Hall–Kier alpha value is -1.36. The Morgan fingerprint density at radius 1 is 1.79 bits per heavy atom. The maximum atomic E-state index is 11.4. The highest BCUT2D eigenvalue weighted by Crippen LogP contribution is 2.10. The Morgan fingerprint density at radius 3 is 3.36 bits per heavy atom. The first-order valence-electron chi connectivity index (χ1n) is 4.75. The number of hydrogen-bond donors (Lipinski definition) is 2. The van der Waals surface area contributed by atoms with Gasteiger partial charge in [0.05, 0.1) is 17.9 Å². The highest BCUT2D eigenvalue weighted by molar-refractivity contribution is 5.93. The first kappa shape index (κ1) is 9.21. The molecule has 2 rings (SSSR count). The van der Waals surface area contributed by atoms with E-state index in [-0.39, 0.29) is 12.0 Å². The van der Waals surface area contributed by atoms with Gasteiger partial charge in [0.2, 0.25) is 0 Å². The van der Waals surface area contributed by atoms with Crippen LogP contribution in [-0.4, -0.2) is 35.4 Å². The molecule has 2 N–H and O–H groups in total. The molecule has 5 nitrogen and oxygen atoms in total. The first-order chi connectivity index (χ1) is 6.86. The molecule has 0 radical (unpaired) electrons. The molecule has 1 fully saturated rings. The summed E-state index contributed by atoms with van der Waals surface area (Å²) in [5, 5.41) is 9.11. The maximum Gasteiger partial charge on any atom is 0.254 e. The van der Waals surface area contributed by atoms with E-state index in [1.54, 1.807) is 6.20 Å². The minimum Gasteiger partial charge on any atom is -0.376 e. The molecule has 0 spiro atoms. The quantitative estimate of drug-likeness (QED) is 0.729. The Balaban J connectivity index is 1.78. The molecule has 0 aliphatic carbocycles. The van der Waals surface area contributed by atoms with E-state index in [4.69, 9.17) is 4.74 Å². The summed E-state index contributed by atoms with van der Waals surface area (Å²) in [4.78, 5) is 11.4. The van der Waals surface area contributed by atoms with Crippen LogP contribution in [0.2, 0.25) is 0 Å². The average Bonchev–Trinajstić information content (AvgIpc) is 2.87. The van der Waals surface area contributed by atoms with Crippen molar-refractivity contribution in [2.24, 2.45) is 0 Å². The van der Waals surface area contributed by atoms with Crippen molar-refractivity contribution >= 4 is 5.91 Å². The van der Waals surface area contributed by atoms with Gasteiger partial charge in [0.1, 0.15) is 0 Å². The van der Waals surface area contributed by atoms with Gasteiger partial charge >= 0.3 is 0 Å². The van der Waals surface area contributed by atoms with Crippen LogP contribution in [0.15, 0.2) is 12.4 Å². The fraction of sp³-hybridized carbons (Fsp3) is 0.556. The SMILES string of the molecule is O=C(NCC1CCCO1)c1cn[nH]c1. The normalized spacial score (nSPS) is 21.0. The van der Waals surface area contributed by atoms with E-state index in [0.717, 1.165) is 19.4 Å². The van der Waals surface area contributed by atoms with Crippen LogP contribution in [0.25, 0.3) is 0 Å². The summed E-state index contributed by atoms with van der Waals surface area (Å²) in [7, 11) is 0. The van der Waals surface area contributed by atoms with Crippen LogP contribution in [0.5, 0.6) is 0 Å². The van der Waals surface area contributed by atoms with Gasteiger partial charge in [-0.15, -0.1) is 0 Å². The number of nitrogens with zero attached hydrogens (tertiary/aromatic N) is 1. The molecule has 5 heteroatoms. The van der Waals surface area contributed by atoms with Crippen LogP contribution in [0.3, 0.4) is 0 Å². The monoisotopic (exact) mass is 195 g/mol. The third-order valence-electron chi connectivity index (χ3n) is 2.27. The molecular formula is C9H13N3O2. The number of hydrogen-bond acceptors (Lipinski definition) is 3. The number of amides is 1. The predicted octanol–water partition coefficient (Wildman–Crippen LogP) is 0.318. The summed E-state index contributed by atoms with van der Waals surface area (Å²) < 4.78 is 5.38. The fourth-order valence-corrected chi connectivity index (χ4v) is 1.49. The highest BCUT2D eigenvalue weighted by atomic mass is 16.5. The summed E-state index contributed by atoms with van der Waals surface area (Å²) in [6.45, 7) is 1.40. The van der Waals surface area contributed by atoms with Gasteiger partial charge in [0.15, 0.2) is 0 Å². The molecule has 1 saturated heterocycles. The second-order valence-corrected chi connectivity index (χ2v) is 3.33. The average molecular weight is 195 g/mol. The van der Waals surface area contributed by atoms with Gasteiger partial charge < -0.3 is 10.1 Å². The van der Waals surface area contributed by atoms with Crippen molar-refractivity contribution in [3.63, 3.8) is 0 Å². The van der Waals surface area contributed by atoms with Gasteiger partial charge in [-0.1, -0.05) is 0 Å². The number of carbonyl (C=O) groups is 1. The summed E-state index contributed by atoms with van der Waals surface area (Å²) in [5.41, 5.74) is 0.558. The highest BCUT2D eigenvalue weighted by Gasteiger charge is 2.16. The molecule has 0 aromatic carbocycles.